The maximum Gasteiger partial charge on any atom is 0.0572 e. The third kappa shape index (κ3) is 3.19. The summed E-state index contributed by atoms with van der Waals surface area (Å²) in [6.07, 6.45) is 5.81. The van der Waals surface area contributed by atoms with Gasteiger partial charge in [-0.05, 0) is 44.9 Å². The van der Waals surface area contributed by atoms with Gasteiger partial charge in [-0.1, -0.05) is 6.92 Å². The van der Waals surface area contributed by atoms with Crippen LogP contribution in [0.5, 0.6) is 0 Å². The molecular formula is C14H23N3. The minimum atomic E-state index is 0.350. The predicted octanol–water partition coefficient (Wildman–Crippen LogP) is 2.74. The lowest BCUT2D eigenvalue weighted by molar-refractivity contribution is 0.558. The van der Waals surface area contributed by atoms with Crippen LogP contribution in [0.4, 0.5) is 5.69 Å². The van der Waals surface area contributed by atoms with Crippen LogP contribution in [0.1, 0.15) is 44.8 Å². The van der Waals surface area contributed by atoms with Crippen LogP contribution >= 0.6 is 0 Å². The van der Waals surface area contributed by atoms with Crippen molar-refractivity contribution in [1.29, 1.82) is 0 Å². The summed E-state index contributed by atoms with van der Waals surface area (Å²) in [5.74, 6) is 0. The smallest absolute Gasteiger partial charge is 0.0572 e. The van der Waals surface area contributed by atoms with Crippen LogP contribution in [0.3, 0.4) is 0 Å². The topological polar surface area (TPSA) is 28.2 Å². The van der Waals surface area contributed by atoms with Crippen molar-refractivity contribution in [3.63, 3.8) is 0 Å². The van der Waals surface area contributed by atoms with Crippen molar-refractivity contribution in [2.24, 2.45) is 0 Å². The van der Waals surface area contributed by atoms with Crippen molar-refractivity contribution in [2.75, 3.05) is 24.5 Å². The van der Waals surface area contributed by atoms with E-state index >= 15 is 0 Å². The Morgan fingerprint density at radius 2 is 2.12 bits per heavy atom. The number of hydrogen-bond acceptors (Lipinski definition) is 3. The van der Waals surface area contributed by atoms with Crippen molar-refractivity contribution < 1.29 is 0 Å². The highest BCUT2D eigenvalue weighted by atomic mass is 15.1. The minimum absolute atomic E-state index is 0.350. The SMILES string of the molecule is CCCNC(C)c1ccc(N2CCCC2)cn1. The molecule has 0 aliphatic carbocycles. The van der Waals surface area contributed by atoms with E-state index in [9.17, 15) is 0 Å². The lowest BCUT2D eigenvalue weighted by Crippen LogP contribution is -2.21. The average Bonchev–Trinajstić information content (AvgIpc) is 2.90. The highest BCUT2D eigenvalue weighted by Gasteiger charge is 2.13. The van der Waals surface area contributed by atoms with E-state index in [1.807, 2.05) is 6.20 Å². The van der Waals surface area contributed by atoms with Gasteiger partial charge in [-0.25, -0.2) is 0 Å². The minimum Gasteiger partial charge on any atom is -0.370 e. The summed E-state index contributed by atoms with van der Waals surface area (Å²) in [5.41, 5.74) is 2.41. The Balaban J connectivity index is 1.96. The third-order valence-corrected chi connectivity index (χ3v) is 3.39. The number of anilines is 1. The molecular weight excluding hydrogens is 210 g/mol. The molecule has 1 aromatic rings. The molecule has 94 valence electrons. The van der Waals surface area contributed by atoms with Gasteiger partial charge in [0.05, 0.1) is 17.6 Å². The molecule has 0 aromatic carbocycles. The van der Waals surface area contributed by atoms with Crippen molar-refractivity contribution in [3.8, 4) is 0 Å². The molecule has 1 atom stereocenters. The van der Waals surface area contributed by atoms with E-state index < -0.39 is 0 Å². The van der Waals surface area contributed by atoms with Gasteiger partial charge in [0.15, 0.2) is 0 Å². The molecule has 1 fully saturated rings. The first-order valence-corrected chi connectivity index (χ1v) is 6.75. The van der Waals surface area contributed by atoms with E-state index in [-0.39, 0.29) is 0 Å². The Morgan fingerprint density at radius 3 is 2.71 bits per heavy atom. The lowest BCUT2D eigenvalue weighted by atomic mass is 10.2. The summed E-state index contributed by atoms with van der Waals surface area (Å²) in [6, 6.07) is 4.71. The molecule has 1 aliphatic heterocycles. The highest BCUT2D eigenvalue weighted by molar-refractivity contribution is 5.45. The Labute approximate surface area is 104 Å². The molecule has 0 bridgehead atoms. The summed E-state index contributed by atoms with van der Waals surface area (Å²) < 4.78 is 0. The van der Waals surface area contributed by atoms with Crippen LogP contribution in [0.25, 0.3) is 0 Å². The monoisotopic (exact) mass is 233 g/mol. The molecule has 1 N–H and O–H groups in total. The first-order valence-electron chi connectivity index (χ1n) is 6.75. The lowest BCUT2D eigenvalue weighted by Gasteiger charge is -2.18. The normalized spacial score (nSPS) is 17.4. The Hall–Kier alpha value is -1.09. The van der Waals surface area contributed by atoms with E-state index in [2.05, 4.69) is 41.2 Å². The van der Waals surface area contributed by atoms with E-state index in [1.165, 1.54) is 31.6 Å². The van der Waals surface area contributed by atoms with Crippen molar-refractivity contribution in [2.45, 2.75) is 39.2 Å². The Bertz CT molecular complexity index is 328. The number of hydrogen-bond donors (Lipinski definition) is 1. The summed E-state index contributed by atoms with van der Waals surface area (Å²) in [7, 11) is 0. The van der Waals surface area contributed by atoms with Crippen molar-refractivity contribution in [1.82, 2.24) is 10.3 Å². The second-order valence-electron chi connectivity index (χ2n) is 4.81. The molecule has 3 heteroatoms. The van der Waals surface area contributed by atoms with Gasteiger partial charge in [-0.15, -0.1) is 0 Å². The number of nitrogens with one attached hydrogen (secondary N) is 1. The van der Waals surface area contributed by atoms with Crippen LogP contribution in [-0.4, -0.2) is 24.6 Å². The van der Waals surface area contributed by atoms with Gasteiger partial charge in [0.25, 0.3) is 0 Å². The van der Waals surface area contributed by atoms with Gasteiger partial charge in [0, 0.05) is 19.1 Å². The molecule has 0 radical (unpaired) electrons. The predicted molar refractivity (Wildman–Crippen MR) is 72.4 cm³/mol. The zero-order valence-corrected chi connectivity index (χ0v) is 10.9. The molecule has 1 aromatic heterocycles. The Morgan fingerprint density at radius 1 is 1.35 bits per heavy atom. The number of nitrogens with zero attached hydrogens (tertiary/aromatic N) is 2. The molecule has 1 unspecified atom stereocenters. The van der Waals surface area contributed by atoms with E-state index in [4.69, 9.17) is 0 Å². The van der Waals surface area contributed by atoms with Crippen molar-refractivity contribution >= 4 is 5.69 Å². The Kier molecular flexibility index (Phi) is 4.37. The van der Waals surface area contributed by atoms with Gasteiger partial charge >= 0.3 is 0 Å². The van der Waals surface area contributed by atoms with Crippen LogP contribution in [0, 0.1) is 0 Å². The van der Waals surface area contributed by atoms with Gasteiger partial charge in [-0.2, -0.15) is 0 Å². The number of pyridine rings is 1. The van der Waals surface area contributed by atoms with Crippen LogP contribution in [0.2, 0.25) is 0 Å². The fourth-order valence-corrected chi connectivity index (χ4v) is 2.28. The molecule has 2 heterocycles. The molecule has 0 amide bonds. The van der Waals surface area contributed by atoms with Crippen molar-refractivity contribution in [3.05, 3.63) is 24.0 Å². The van der Waals surface area contributed by atoms with Crippen LogP contribution < -0.4 is 10.2 Å². The fourth-order valence-electron chi connectivity index (χ4n) is 2.28. The van der Waals surface area contributed by atoms with E-state index in [1.54, 1.807) is 0 Å². The molecule has 0 spiro atoms. The van der Waals surface area contributed by atoms with E-state index in [0.717, 1.165) is 18.7 Å². The summed E-state index contributed by atoms with van der Waals surface area (Å²) in [4.78, 5) is 6.99. The van der Waals surface area contributed by atoms with Crippen LogP contribution in [-0.2, 0) is 0 Å². The molecule has 3 nitrogen and oxygen atoms in total. The van der Waals surface area contributed by atoms with Gasteiger partial charge in [-0.3, -0.25) is 4.98 Å². The quantitative estimate of drug-likeness (QED) is 0.847. The molecule has 2 rings (SSSR count). The first kappa shape index (κ1) is 12.4. The van der Waals surface area contributed by atoms with Gasteiger partial charge in [0.1, 0.15) is 0 Å². The highest BCUT2D eigenvalue weighted by Crippen LogP contribution is 2.20. The largest absolute Gasteiger partial charge is 0.370 e. The number of rotatable bonds is 5. The maximum atomic E-state index is 4.57. The second kappa shape index (κ2) is 6.01. The second-order valence-corrected chi connectivity index (χ2v) is 4.81. The zero-order chi connectivity index (χ0) is 12.1. The molecule has 1 saturated heterocycles. The molecule has 0 saturated carbocycles. The van der Waals surface area contributed by atoms with Crippen LogP contribution in [0.15, 0.2) is 18.3 Å². The third-order valence-electron chi connectivity index (χ3n) is 3.39. The summed E-state index contributed by atoms with van der Waals surface area (Å²) in [5, 5.41) is 3.46. The maximum absolute atomic E-state index is 4.57. The fraction of sp³-hybridized carbons (Fsp3) is 0.643. The molecule has 1 aliphatic rings. The standard InChI is InChI=1S/C14H23N3/c1-3-8-15-12(2)14-7-6-13(11-16-14)17-9-4-5-10-17/h6-7,11-12,15H,3-5,8-10H2,1-2H3. The average molecular weight is 233 g/mol. The van der Waals surface area contributed by atoms with E-state index in [0.29, 0.717) is 6.04 Å². The summed E-state index contributed by atoms with van der Waals surface area (Å²) in [6.45, 7) is 7.78. The zero-order valence-electron chi connectivity index (χ0n) is 10.9. The molecule has 17 heavy (non-hydrogen) atoms. The van der Waals surface area contributed by atoms with Gasteiger partial charge < -0.3 is 10.2 Å². The summed E-state index contributed by atoms with van der Waals surface area (Å²) >= 11 is 0. The first-order chi connectivity index (χ1) is 8.31. The van der Waals surface area contributed by atoms with Gasteiger partial charge in [0.2, 0.25) is 0 Å². The number of aromatic nitrogens is 1.